The molecule has 1 saturated heterocycles. The maximum atomic E-state index is 13.3. The van der Waals surface area contributed by atoms with Crippen molar-refractivity contribution in [3.8, 4) is 23.0 Å². The van der Waals surface area contributed by atoms with Crippen LogP contribution in [-0.2, 0) is 9.59 Å². The molecule has 0 radical (unpaired) electrons. The third kappa shape index (κ3) is 4.26. The highest BCUT2D eigenvalue weighted by atomic mass is 16.6. The Bertz CT molecular complexity index is 1140. The second-order valence-corrected chi connectivity index (χ2v) is 8.26. The SMILES string of the molecule is COc1ccc(OC)c(C2C(=C(O)c3ccc4c(c3)OCCO4)C(=O)C(=O)N2CCN(C)C)c1. The van der Waals surface area contributed by atoms with Gasteiger partial charge < -0.3 is 33.9 Å². The van der Waals surface area contributed by atoms with Crippen molar-refractivity contribution in [1.29, 1.82) is 0 Å². The molecule has 0 saturated carbocycles. The van der Waals surface area contributed by atoms with Crippen molar-refractivity contribution in [2.75, 3.05) is 54.6 Å². The van der Waals surface area contributed by atoms with Crippen LogP contribution in [0.3, 0.4) is 0 Å². The van der Waals surface area contributed by atoms with Crippen LogP contribution in [0.2, 0.25) is 0 Å². The molecule has 2 aromatic rings. The van der Waals surface area contributed by atoms with E-state index in [4.69, 9.17) is 18.9 Å². The molecule has 34 heavy (non-hydrogen) atoms. The van der Waals surface area contributed by atoms with Crippen molar-refractivity contribution in [3.63, 3.8) is 0 Å². The topological polar surface area (TPSA) is 97.8 Å². The minimum absolute atomic E-state index is 0.0213. The molecular formula is C25H28N2O7. The number of carbonyl (C=O) groups excluding carboxylic acids is 2. The van der Waals surface area contributed by atoms with Crippen molar-refractivity contribution in [2.45, 2.75) is 6.04 Å². The average Bonchev–Trinajstić information content (AvgIpc) is 3.10. The highest BCUT2D eigenvalue weighted by Crippen LogP contribution is 2.44. The van der Waals surface area contributed by atoms with Crippen LogP contribution < -0.4 is 18.9 Å². The number of ketones is 1. The monoisotopic (exact) mass is 468 g/mol. The molecule has 0 aromatic heterocycles. The lowest BCUT2D eigenvalue weighted by Gasteiger charge is -2.28. The summed E-state index contributed by atoms with van der Waals surface area (Å²) < 4.78 is 22.1. The predicted molar refractivity (Wildman–Crippen MR) is 125 cm³/mol. The molecule has 1 N–H and O–H groups in total. The van der Waals surface area contributed by atoms with Crippen LogP contribution in [0, 0.1) is 0 Å². The molecule has 9 heteroatoms. The minimum Gasteiger partial charge on any atom is -0.507 e. The molecule has 0 spiro atoms. The van der Waals surface area contributed by atoms with Crippen LogP contribution in [0.1, 0.15) is 17.2 Å². The number of benzene rings is 2. The summed E-state index contributed by atoms with van der Waals surface area (Å²) in [5.74, 6) is 0.284. The number of carbonyl (C=O) groups is 2. The smallest absolute Gasteiger partial charge is 0.295 e. The van der Waals surface area contributed by atoms with E-state index in [0.29, 0.717) is 53.9 Å². The van der Waals surface area contributed by atoms with Gasteiger partial charge in [-0.05, 0) is 50.5 Å². The van der Waals surface area contributed by atoms with Gasteiger partial charge in [-0.25, -0.2) is 0 Å². The molecule has 180 valence electrons. The Morgan fingerprint density at radius 3 is 2.47 bits per heavy atom. The number of ether oxygens (including phenoxy) is 4. The first-order chi connectivity index (χ1) is 16.3. The van der Waals surface area contributed by atoms with Gasteiger partial charge in [0.2, 0.25) is 0 Å². The number of amides is 1. The molecular weight excluding hydrogens is 440 g/mol. The largest absolute Gasteiger partial charge is 0.507 e. The van der Waals surface area contributed by atoms with Gasteiger partial charge in [-0.3, -0.25) is 9.59 Å². The fourth-order valence-electron chi connectivity index (χ4n) is 4.14. The fraction of sp³-hybridized carbons (Fsp3) is 0.360. The zero-order valence-electron chi connectivity index (χ0n) is 19.7. The van der Waals surface area contributed by atoms with E-state index in [9.17, 15) is 14.7 Å². The van der Waals surface area contributed by atoms with Gasteiger partial charge in [-0.1, -0.05) is 0 Å². The fourth-order valence-corrected chi connectivity index (χ4v) is 4.14. The van der Waals surface area contributed by atoms with Gasteiger partial charge in [0.25, 0.3) is 11.7 Å². The Morgan fingerprint density at radius 1 is 1.06 bits per heavy atom. The highest BCUT2D eigenvalue weighted by molar-refractivity contribution is 6.46. The van der Waals surface area contributed by atoms with Crippen molar-refractivity contribution >= 4 is 17.4 Å². The van der Waals surface area contributed by atoms with Gasteiger partial charge in [-0.15, -0.1) is 0 Å². The molecule has 2 aromatic carbocycles. The van der Waals surface area contributed by atoms with E-state index in [2.05, 4.69) is 0 Å². The second-order valence-electron chi connectivity index (χ2n) is 8.26. The number of likely N-dealkylation sites (tertiary alicyclic amines) is 1. The van der Waals surface area contributed by atoms with Crippen molar-refractivity contribution in [3.05, 3.63) is 53.1 Å². The summed E-state index contributed by atoms with van der Waals surface area (Å²) in [6, 6.07) is 9.21. The number of Topliss-reactive ketones (excluding diaryl/α,β-unsaturated/α-hetero) is 1. The Labute approximate surface area is 198 Å². The van der Waals surface area contributed by atoms with Gasteiger partial charge in [0.15, 0.2) is 11.5 Å². The first-order valence-corrected chi connectivity index (χ1v) is 10.9. The van der Waals surface area contributed by atoms with Crippen LogP contribution >= 0.6 is 0 Å². The van der Waals surface area contributed by atoms with Crippen molar-refractivity contribution in [2.24, 2.45) is 0 Å². The maximum absolute atomic E-state index is 13.3. The van der Waals surface area contributed by atoms with E-state index >= 15 is 0 Å². The molecule has 9 nitrogen and oxygen atoms in total. The second kappa shape index (κ2) is 9.64. The standard InChI is InChI=1S/C25H28N2O7/c1-26(2)9-10-27-22(17-14-16(31-3)6-8-18(17)32-4)21(24(29)25(27)30)23(28)15-5-7-19-20(13-15)34-12-11-33-19/h5-8,13-14,22,28H,9-12H2,1-4H3. The first-order valence-electron chi connectivity index (χ1n) is 10.9. The Balaban J connectivity index is 1.89. The van der Waals surface area contributed by atoms with E-state index in [-0.39, 0.29) is 17.9 Å². The highest BCUT2D eigenvalue weighted by Gasteiger charge is 2.47. The molecule has 1 atom stereocenters. The van der Waals surface area contributed by atoms with Crippen LogP contribution in [0.25, 0.3) is 5.76 Å². The lowest BCUT2D eigenvalue weighted by atomic mass is 9.94. The summed E-state index contributed by atoms with van der Waals surface area (Å²) in [6.07, 6.45) is 0. The van der Waals surface area contributed by atoms with Gasteiger partial charge in [-0.2, -0.15) is 0 Å². The number of methoxy groups -OCH3 is 2. The minimum atomic E-state index is -0.863. The van der Waals surface area contributed by atoms with E-state index < -0.39 is 17.7 Å². The van der Waals surface area contributed by atoms with Crippen LogP contribution in [-0.4, -0.2) is 81.2 Å². The summed E-state index contributed by atoms with van der Waals surface area (Å²) in [5.41, 5.74) is 0.868. The van der Waals surface area contributed by atoms with Gasteiger partial charge >= 0.3 is 0 Å². The Kier molecular flexibility index (Phi) is 6.65. The third-order valence-corrected chi connectivity index (χ3v) is 5.88. The molecule has 0 bridgehead atoms. The summed E-state index contributed by atoms with van der Waals surface area (Å²) in [6.45, 7) is 1.62. The van der Waals surface area contributed by atoms with Crippen LogP contribution in [0.15, 0.2) is 42.0 Å². The number of hydrogen-bond donors (Lipinski definition) is 1. The van der Waals surface area contributed by atoms with E-state index in [1.807, 2.05) is 19.0 Å². The number of likely N-dealkylation sites (N-methyl/N-ethyl adjacent to an activating group) is 1. The van der Waals surface area contributed by atoms with Gasteiger partial charge in [0.05, 0.1) is 25.8 Å². The molecule has 2 aliphatic rings. The number of fused-ring (bicyclic) bond motifs is 1. The summed E-state index contributed by atoms with van der Waals surface area (Å²) in [7, 11) is 6.81. The number of nitrogens with zero attached hydrogens (tertiary/aromatic N) is 2. The van der Waals surface area contributed by atoms with Crippen LogP contribution in [0.5, 0.6) is 23.0 Å². The van der Waals surface area contributed by atoms with Crippen molar-refractivity contribution < 1.29 is 33.6 Å². The van der Waals surface area contributed by atoms with Crippen LogP contribution in [0.4, 0.5) is 0 Å². The molecule has 2 heterocycles. The Morgan fingerprint density at radius 2 is 1.79 bits per heavy atom. The quantitative estimate of drug-likeness (QED) is 0.376. The van der Waals surface area contributed by atoms with Gasteiger partial charge in [0.1, 0.15) is 30.5 Å². The maximum Gasteiger partial charge on any atom is 0.295 e. The predicted octanol–water partition coefficient (Wildman–Crippen LogP) is 2.46. The van der Waals surface area contributed by atoms with E-state index in [0.717, 1.165) is 0 Å². The zero-order chi connectivity index (χ0) is 24.4. The molecule has 0 aliphatic carbocycles. The average molecular weight is 469 g/mol. The lowest BCUT2D eigenvalue weighted by molar-refractivity contribution is -0.140. The molecule has 1 fully saturated rings. The lowest BCUT2D eigenvalue weighted by Crippen LogP contribution is -2.35. The number of aliphatic hydroxyl groups is 1. The van der Waals surface area contributed by atoms with Gasteiger partial charge in [0, 0.05) is 24.2 Å². The van der Waals surface area contributed by atoms with Crippen molar-refractivity contribution in [1.82, 2.24) is 9.80 Å². The summed E-state index contributed by atoms with van der Waals surface area (Å²) in [4.78, 5) is 29.8. The molecule has 1 unspecified atom stereocenters. The zero-order valence-corrected chi connectivity index (χ0v) is 19.7. The number of hydrogen-bond acceptors (Lipinski definition) is 8. The number of aliphatic hydroxyl groups excluding tert-OH is 1. The molecule has 2 aliphatic heterocycles. The van der Waals surface area contributed by atoms with E-state index in [1.165, 1.54) is 19.1 Å². The summed E-state index contributed by atoms with van der Waals surface area (Å²) >= 11 is 0. The molecule has 4 rings (SSSR count). The number of rotatable bonds is 7. The Hall–Kier alpha value is -3.72. The first kappa shape index (κ1) is 23.4. The molecule has 1 amide bonds. The van der Waals surface area contributed by atoms with E-state index in [1.54, 1.807) is 36.4 Å². The summed E-state index contributed by atoms with van der Waals surface area (Å²) in [5, 5.41) is 11.3. The third-order valence-electron chi connectivity index (χ3n) is 5.88. The normalized spacial score (nSPS) is 19.0.